The predicted octanol–water partition coefficient (Wildman–Crippen LogP) is 2.49. The van der Waals surface area contributed by atoms with Crippen molar-refractivity contribution in [2.75, 3.05) is 46.8 Å². The summed E-state index contributed by atoms with van der Waals surface area (Å²) in [4.78, 5) is 4.97. The van der Waals surface area contributed by atoms with E-state index in [1.807, 2.05) is 0 Å². The lowest BCUT2D eigenvalue weighted by Gasteiger charge is -2.34. The van der Waals surface area contributed by atoms with Gasteiger partial charge in [-0.25, -0.2) is 0 Å². The number of likely N-dealkylation sites (N-methyl/N-ethyl adjacent to an activating group) is 2. The van der Waals surface area contributed by atoms with Gasteiger partial charge in [0.25, 0.3) is 0 Å². The van der Waals surface area contributed by atoms with Crippen molar-refractivity contribution < 1.29 is 0 Å². The molecule has 3 nitrogen and oxygen atoms in total. The highest BCUT2D eigenvalue weighted by molar-refractivity contribution is 5.29. The van der Waals surface area contributed by atoms with E-state index >= 15 is 0 Å². The average Bonchev–Trinajstić information content (AvgIpc) is 2.46. The van der Waals surface area contributed by atoms with Gasteiger partial charge in [-0.05, 0) is 30.6 Å². The van der Waals surface area contributed by atoms with Gasteiger partial charge < -0.3 is 10.2 Å². The number of rotatable bonds is 4. The molecule has 0 amide bonds. The summed E-state index contributed by atoms with van der Waals surface area (Å²) in [7, 11) is 4.27. The molecule has 1 aliphatic rings. The van der Waals surface area contributed by atoms with Gasteiger partial charge in [-0.2, -0.15) is 0 Å². The fraction of sp³-hybridized carbons (Fsp3) is 0.667. The second-order valence-corrected chi connectivity index (χ2v) is 7.32. The second-order valence-electron chi connectivity index (χ2n) is 7.32. The van der Waals surface area contributed by atoms with E-state index in [0.717, 1.165) is 6.54 Å². The fourth-order valence-electron chi connectivity index (χ4n) is 2.87. The van der Waals surface area contributed by atoms with Gasteiger partial charge in [0.1, 0.15) is 0 Å². The van der Waals surface area contributed by atoms with Gasteiger partial charge >= 0.3 is 0 Å². The summed E-state index contributed by atoms with van der Waals surface area (Å²) in [6.07, 6.45) is 0. The highest BCUT2D eigenvalue weighted by atomic mass is 15.3. The molecule has 1 unspecified atom stereocenters. The molecule has 0 bridgehead atoms. The van der Waals surface area contributed by atoms with Crippen LogP contribution >= 0.6 is 0 Å². The molecule has 1 aliphatic heterocycles. The fourth-order valence-corrected chi connectivity index (χ4v) is 2.87. The van der Waals surface area contributed by atoms with Crippen LogP contribution in [0.1, 0.15) is 37.9 Å². The molecule has 2 rings (SSSR count). The minimum atomic E-state index is 0.227. The van der Waals surface area contributed by atoms with Crippen molar-refractivity contribution in [1.82, 2.24) is 15.1 Å². The Bertz CT molecular complexity index is 425. The van der Waals surface area contributed by atoms with E-state index in [-0.39, 0.29) is 5.41 Å². The molecule has 3 heteroatoms. The molecule has 1 saturated heterocycles. The number of piperazine rings is 1. The first-order valence-corrected chi connectivity index (χ1v) is 8.09. The summed E-state index contributed by atoms with van der Waals surface area (Å²) >= 11 is 0. The largest absolute Gasteiger partial charge is 0.312 e. The van der Waals surface area contributed by atoms with Gasteiger partial charge in [0, 0.05) is 38.8 Å². The zero-order valence-electron chi connectivity index (χ0n) is 14.3. The van der Waals surface area contributed by atoms with E-state index in [0.29, 0.717) is 6.04 Å². The third-order valence-corrected chi connectivity index (χ3v) is 4.56. The quantitative estimate of drug-likeness (QED) is 0.919. The second kappa shape index (κ2) is 6.91. The van der Waals surface area contributed by atoms with Gasteiger partial charge in [-0.15, -0.1) is 0 Å². The smallest absolute Gasteiger partial charge is 0.0446 e. The van der Waals surface area contributed by atoms with Crippen LogP contribution in [0.3, 0.4) is 0 Å². The Morgan fingerprint density at radius 1 is 1.05 bits per heavy atom. The Balaban J connectivity index is 2.00. The monoisotopic (exact) mass is 289 g/mol. The maximum Gasteiger partial charge on any atom is 0.0446 e. The molecule has 1 N–H and O–H groups in total. The lowest BCUT2D eigenvalue weighted by molar-refractivity contribution is 0.143. The van der Waals surface area contributed by atoms with Crippen molar-refractivity contribution in [2.45, 2.75) is 32.2 Å². The standard InChI is InChI=1S/C18H31N3/c1-18(2,3)16-8-6-15(7-9-16)17(19-4)14-21-12-10-20(5)11-13-21/h6-9,17,19H,10-14H2,1-5H3. The summed E-state index contributed by atoms with van der Waals surface area (Å²) in [6, 6.07) is 9.56. The molecule has 0 radical (unpaired) electrons. The van der Waals surface area contributed by atoms with Gasteiger partial charge in [-0.3, -0.25) is 4.90 Å². The number of hydrogen-bond acceptors (Lipinski definition) is 3. The van der Waals surface area contributed by atoms with Crippen molar-refractivity contribution in [3.05, 3.63) is 35.4 Å². The highest BCUT2D eigenvalue weighted by Crippen LogP contribution is 2.24. The highest BCUT2D eigenvalue weighted by Gasteiger charge is 2.19. The van der Waals surface area contributed by atoms with Crippen LogP contribution in [0.5, 0.6) is 0 Å². The van der Waals surface area contributed by atoms with Gasteiger partial charge in [0.2, 0.25) is 0 Å². The molecule has 0 saturated carbocycles. The molecule has 21 heavy (non-hydrogen) atoms. The van der Waals surface area contributed by atoms with Crippen molar-refractivity contribution >= 4 is 0 Å². The van der Waals surface area contributed by atoms with Crippen LogP contribution < -0.4 is 5.32 Å². The van der Waals surface area contributed by atoms with Crippen molar-refractivity contribution in [3.63, 3.8) is 0 Å². The van der Waals surface area contributed by atoms with Crippen LogP contribution in [0.4, 0.5) is 0 Å². The van der Waals surface area contributed by atoms with Crippen LogP contribution in [-0.2, 0) is 5.41 Å². The minimum Gasteiger partial charge on any atom is -0.312 e. The topological polar surface area (TPSA) is 18.5 Å². The molecule has 0 aromatic heterocycles. The summed E-state index contributed by atoms with van der Waals surface area (Å²) < 4.78 is 0. The maximum atomic E-state index is 3.48. The Morgan fingerprint density at radius 2 is 1.62 bits per heavy atom. The Labute approximate surface area is 130 Å². The van der Waals surface area contributed by atoms with E-state index in [9.17, 15) is 0 Å². The zero-order chi connectivity index (χ0) is 15.5. The predicted molar refractivity (Wildman–Crippen MR) is 90.9 cm³/mol. The zero-order valence-corrected chi connectivity index (χ0v) is 14.3. The van der Waals surface area contributed by atoms with E-state index in [2.05, 4.69) is 74.2 Å². The molecule has 0 aliphatic carbocycles. The van der Waals surface area contributed by atoms with E-state index < -0.39 is 0 Å². The Kier molecular flexibility index (Phi) is 5.42. The average molecular weight is 289 g/mol. The van der Waals surface area contributed by atoms with Crippen LogP contribution in [-0.4, -0.2) is 56.6 Å². The van der Waals surface area contributed by atoms with E-state index in [4.69, 9.17) is 0 Å². The number of hydrogen-bond donors (Lipinski definition) is 1. The Morgan fingerprint density at radius 3 is 2.10 bits per heavy atom. The van der Waals surface area contributed by atoms with Crippen molar-refractivity contribution in [3.8, 4) is 0 Å². The first kappa shape index (κ1) is 16.5. The molecule has 1 heterocycles. The first-order valence-electron chi connectivity index (χ1n) is 8.09. The maximum absolute atomic E-state index is 3.48. The third kappa shape index (κ3) is 4.53. The first-order chi connectivity index (χ1) is 9.90. The summed E-state index contributed by atoms with van der Waals surface area (Å²) in [5.74, 6) is 0. The number of nitrogens with zero attached hydrogens (tertiary/aromatic N) is 2. The molecule has 0 spiro atoms. The molecule has 1 atom stereocenters. The third-order valence-electron chi connectivity index (χ3n) is 4.56. The van der Waals surface area contributed by atoms with Crippen molar-refractivity contribution in [1.29, 1.82) is 0 Å². The van der Waals surface area contributed by atoms with Gasteiger partial charge in [0.05, 0.1) is 0 Å². The number of nitrogens with one attached hydrogen (secondary N) is 1. The molecular weight excluding hydrogens is 258 g/mol. The lowest BCUT2D eigenvalue weighted by atomic mass is 9.86. The molecule has 1 aromatic rings. The summed E-state index contributed by atoms with van der Waals surface area (Å²) in [5, 5.41) is 3.48. The van der Waals surface area contributed by atoms with Crippen LogP contribution in [0.25, 0.3) is 0 Å². The Hall–Kier alpha value is -0.900. The normalized spacial score (nSPS) is 19.7. The molecule has 1 aromatic carbocycles. The molecule has 118 valence electrons. The number of benzene rings is 1. The van der Waals surface area contributed by atoms with Crippen LogP contribution in [0.15, 0.2) is 24.3 Å². The minimum absolute atomic E-state index is 0.227. The van der Waals surface area contributed by atoms with E-state index in [1.54, 1.807) is 0 Å². The molecular formula is C18H31N3. The van der Waals surface area contributed by atoms with Gasteiger partial charge in [0.15, 0.2) is 0 Å². The van der Waals surface area contributed by atoms with E-state index in [1.165, 1.54) is 37.3 Å². The summed E-state index contributed by atoms with van der Waals surface area (Å²) in [6.45, 7) is 12.6. The van der Waals surface area contributed by atoms with Gasteiger partial charge in [-0.1, -0.05) is 45.0 Å². The van der Waals surface area contributed by atoms with Crippen molar-refractivity contribution in [2.24, 2.45) is 0 Å². The lowest BCUT2D eigenvalue weighted by Crippen LogP contribution is -2.47. The van der Waals surface area contributed by atoms with Crippen LogP contribution in [0, 0.1) is 0 Å². The summed E-state index contributed by atoms with van der Waals surface area (Å²) in [5.41, 5.74) is 3.02. The van der Waals surface area contributed by atoms with Crippen LogP contribution in [0.2, 0.25) is 0 Å². The SMILES string of the molecule is CNC(CN1CCN(C)CC1)c1ccc(C(C)(C)C)cc1. The molecule has 1 fully saturated rings.